The van der Waals surface area contributed by atoms with Gasteiger partial charge in [-0.2, -0.15) is 0 Å². The summed E-state index contributed by atoms with van der Waals surface area (Å²) in [4.78, 5) is 4.39. The molecule has 1 aromatic carbocycles. The van der Waals surface area contributed by atoms with Crippen molar-refractivity contribution >= 4 is 22.6 Å². The van der Waals surface area contributed by atoms with E-state index in [9.17, 15) is 8.78 Å². The highest BCUT2D eigenvalue weighted by atomic mass is 35.5. The van der Waals surface area contributed by atoms with Crippen LogP contribution in [0.4, 0.5) is 8.78 Å². The summed E-state index contributed by atoms with van der Waals surface area (Å²) in [5, 5.41) is 0. The van der Waals surface area contributed by atoms with Gasteiger partial charge >= 0.3 is 0 Å². The van der Waals surface area contributed by atoms with Crippen LogP contribution in [0.3, 0.4) is 0 Å². The number of hydrogen-bond donors (Lipinski definition) is 0. The molecule has 0 aliphatic carbocycles. The number of alkyl halides is 3. The lowest BCUT2D eigenvalue weighted by atomic mass is 10.3. The number of rotatable bonds is 7. The topological polar surface area (TPSA) is 36.3 Å². The zero-order valence-corrected chi connectivity index (χ0v) is 11.7. The molecule has 2 aromatic rings. The van der Waals surface area contributed by atoms with E-state index >= 15 is 0 Å². The third kappa shape index (κ3) is 3.37. The van der Waals surface area contributed by atoms with Crippen molar-refractivity contribution in [3.05, 3.63) is 24.0 Å². The number of aromatic nitrogens is 2. The minimum atomic E-state index is -2.46. The van der Waals surface area contributed by atoms with Crippen molar-refractivity contribution in [1.82, 2.24) is 9.55 Å². The molecule has 0 saturated carbocycles. The predicted molar refractivity (Wildman–Crippen MR) is 72.7 cm³/mol. The van der Waals surface area contributed by atoms with Crippen LogP contribution in [-0.2, 0) is 17.2 Å². The molecule has 0 spiro atoms. The molecule has 0 N–H and O–H groups in total. The first-order chi connectivity index (χ1) is 9.65. The molecule has 0 radical (unpaired) electrons. The lowest BCUT2D eigenvalue weighted by Crippen LogP contribution is -2.12. The maximum atomic E-state index is 12.0. The van der Waals surface area contributed by atoms with Gasteiger partial charge in [0.2, 0.25) is 0 Å². The minimum Gasteiger partial charge on any atom is -0.497 e. The fourth-order valence-electron chi connectivity index (χ4n) is 1.96. The summed E-state index contributed by atoms with van der Waals surface area (Å²) in [5.74, 6) is 1.62. The summed E-state index contributed by atoms with van der Waals surface area (Å²) in [6.07, 6.45) is -2.46. The van der Waals surface area contributed by atoms with Crippen molar-refractivity contribution in [1.29, 1.82) is 0 Å². The van der Waals surface area contributed by atoms with Crippen LogP contribution in [0, 0.1) is 0 Å². The Morgan fingerprint density at radius 2 is 2.20 bits per heavy atom. The van der Waals surface area contributed by atoms with E-state index in [1.54, 1.807) is 7.11 Å². The summed E-state index contributed by atoms with van der Waals surface area (Å²) in [6.45, 7) is 0.0293. The Labute approximate surface area is 120 Å². The highest BCUT2D eigenvalue weighted by molar-refractivity contribution is 6.16. The van der Waals surface area contributed by atoms with Gasteiger partial charge in [0, 0.05) is 12.6 Å². The van der Waals surface area contributed by atoms with E-state index in [1.165, 1.54) is 0 Å². The first-order valence-electron chi connectivity index (χ1n) is 6.10. The fourth-order valence-corrected chi connectivity index (χ4v) is 2.16. The normalized spacial score (nSPS) is 11.4. The third-order valence-corrected chi connectivity index (χ3v) is 3.10. The van der Waals surface area contributed by atoms with Gasteiger partial charge < -0.3 is 14.0 Å². The number of methoxy groups -OCH3 is 1. The maximum Gasteiger partial charge on any atom is 0.261 e. The Morgan fingerprint density at radius 1 is 1.40 bits per heavy atom. The number of nitrogens with zero attached hydrogens (tertiary/aromatic N) is 2. The number of imidazole rings is 1. The van der Waals surface area contributed by atoms with Crippen molar-refractivity contribution in [2.24, 2.45) is 0 Å². The van der Waals surface area contributed by atoms with Gasteiger partial charge in [0.25, 0.3) is 6.43 Å². The summed E-state index contributed by atoms with van der Waals surface area (Å²) >= 11 is 5.87. The highest BCUT2D eigenvalue weighted by Crippen LogP contribution is 2.22. The average Bonchev–Trinajstić information content (AvgIpc) is 2.80. The molecule has 1 aromatic heterocycles. The van der Waals surface area contributed by atoms with E-state index in [-0.39, 0.29) is 12.5 Å². The molecule has 0 amide bonds. The fraction of sp³-hybridized carbons (Fsp3) is 0.462. The van der Waals surface area contributed by atoms with Crippen LogP contribution in [0.1, 0.15) is 5.82 Å². The van der Waals surface area contributed by atoms with Crippen molar-refractivity contribution in [2.45, 2.75) is 18.9 Å². The second-order valence-electron chi connectivity index (χ2n) is 4.13. The third-order valence-electron chi connectivity index (χ3n) is 2.86. The molecule has 0 unspecified atom stereocenters. The van der Waals surface area contributed by atoms with Gasteiger partial charge in [0.1, 0.15) is 18.2 Å². The van der Waals surface area contributed by atoms with Crippen LogP contribution in [0.5, 0.6) is 5.75 Å². The molecule has 0 bridgehead atoms. The molecule has 110 valence electrons. The zero-order valence-electron chi connectivity index (χ0n) is 11.0. The lowest BCUT2D eigenvalue weighted by Gasteiger charge is -2.09. The SMILES string of the molecule is COc1ccc2nc(CCl)n(CCOCC(F)F)c2c1. The Kier molecular flexibility index (Phi) is 5.14. The van der Waals surface area contributed by atoms with Gasteiger partial charge in [-0.05, 0) is 12.1 Å². The largest absolute Gasteiger partial charge is 0.497 e. The summed E-state index contributed by atoms with van der Waals surface area (Å²) in [6, 6.07) is 5.48. The Morgan fingerprint density at radius 3 is 2.85 bits per heavy atom. The van der Waals surface area contributed by atoms with Crippen LogP contribution in [-0.4, -0.2) is 36.3 Å². The van der Waals surface area contributed by atoms with Gasteiger partial charge in [-0.25, -0.2) is 13.8 Å². The lowest BCUT2D eigenvalue weighted by molar-refractivity contribution is 0.0149. The standard InChI is InChI=1S/C13H15ClF2N2O2/c1-19-9-2-3-10-11(6-9)18(13(7-14)17-10)4-5-20-8-12(15)16/h2-3,6,12H,4-5,7-8H2,1H3. The van der Waals surface area contributed by atoms with Gasteiger partial charge in [-0.3, -0.25) is 0 Å². The average molecular weight is 305 g/mol. The molecule has 2 rings (SSSR count). The van der Waals surface area contributed by atoms with Gasteiger partial charge in [-0.15, -0.1) is 11.6 Å². The van der Waals surface area contributed by atoms with Crippen LogP contribution >= 0.6 is 11.6 Å². The Hall–Kier alpha value is -1.40. The highest BCUT2D eigenvalue weighted by Gasteiger charge is 2.11. The predicted octanol–water partition coefficient (Wildman–Crippen LogP) is 3.07. The summed E-state index contributed by atoms with van der Waals surface area (Å²) in [5.41, 5.74) is 1.64. The van der Waals surface area contributed by atoms with E-state index in [0.717, 1.165) is 11.0 Å². The quantitative estimate of drug-likeness (QED) is 0.582. The van der Waals surface area contributed by atoms with Crippen LogP contribution in [0.15, 0.2) is 18.2 Å². The maximum absolute atomic E-state index is 12.0. The number of benzene rings is 1. The molecule has 0 aliphatic rings. The van der Waals surface area contributed by atoms with Crippen molar-refractivity contribution in [3.63, 3.8) is 0 Å². The van der Waals surface area contributed by atoms with Crippen LogP contribution in [0.25, 0.3) is 11.0 Å². The van der Waals surface area contributed by atoms with Crippen LogP contribution < -0.4 is 4.74 Å². The van der Waals surface area contributed by atoms with E-state index in [2.05, 4.69) is 4.98 Å². The number of hydrogen-bond acceptors (Lipinski definition) is 3. The molecule has 4 nitrogen and oxygen atoms in total. The second-order valence-corrected chi connectivity index (χ2v) is 4.40. The van der Waals surface area contributed by atoms with Gasteiger partial charge in [0.05, 0.1) is 30.6 Å². The minimum absolute atomic E-state index is 0.177. The Balaban J connectivity index is 2.20. The van der Waals surface area contributed by atoms with Crippen molar-refractivity contribution < 1.29 is 18.3 Å². The molecule has 0 aliphatic heterocycles. The molecule has 0 saturated heterocycles. The molecule has 0 atom stereocenters. The van der Waals surface area contributed by atoms with Crippen molar-refractivity contribution in [2.75, 3.05) is 20.3 Å². The van der Waals surface area contributed by atoms with Crippen LogP contribution in [0.2, 0.25) is 0 Å². The first-order valence-corrected chi connectivity index (χ1v) is 6.64. The number of ether oxygens (including phenoxy) is 2. The van der Waals surface area contributed by atoms with E-state index < -0.39 is 13.0 Å². The summed E-state index contributed by atoms with van der Waals surface area (Å²) < 4.78 is 36.0. The van der Waals surface area contributed by atoms with E-state index in [1.807, 2.05) is 22.8 Å². The smallest absolute Gasteiger partial charge is 0.261 e. The molecular formula is C13H15ClF2N2O2. The van der Waals surface area contributed by atoms with Gasteiger partial charge in [0.15, 0.2) is 0 Å². The number of halogens is 3. The number of fused-ring (bicyclic) bond motifs is 1. The molecule has 7 heteroatoms. The Bertz CT molecular complexity index is 575. The monoisotopic (exact) mass is 304 g/mol. The van der Waals surface area contributed by atoms with E-state index in [4.69, 9.17) is 21.1 Å². The second kappa shape index (κ2) is 6.85. The zero-order chi connectivity index (χ0) is 14.5. The molecule has 1 heterocycles. The molecule has 20 heavy (non-hydrogen) atoms. The van der Waals surface area contributed by atoms with E-state index in [0.29, 0.717) is 18.1 Å². The first kappa shape index (κ1) is 15.0. The summed E-state index contributed by atoms with van der Waals surface area (Å²) in [7, 11) is 1.58. The van der Waals surface area contributed by atoms with Gasteiger partial charge in [-0.1, -0.05) is 0 Å². The van der Waals surface area contributed by atoms with Crippen molar-refractivity contribution in [3.8, 4) is 5.75 Å². The molecule has 0 fully saturated rings. The molecular weight excluding hydrogens is 290 g/mol.